The van der Waals surface area contributed by atoms with E-state index in [-0.39, 0.29) is 42.3 Å². The summed E-state index contributed by atoms with van der Waals surface area (Å²) >= 11 is 18.8. The Morgan fingerprint density at radius 1 is 0.505 bits per heavy atom. The number of nitrogens with two attached hydrogens (primary N) is 3. The van der Waals surface area contributed by atoms with Crippen molar-refractivity contribution in [3.05, 3.63) is 212 Å². The number of benzene rings is 6. The standard InChI is InChI=1S/C24H25ClF2N6O3.C19H16ClF2N5O2.C18H14ClF2N5O2/c25-21-12-19(1-2-22(21)35-14-16-9-17(26)11-18(27)10-16)32-24-20(23(28)29-15-30-24)13-31-36-8-5-33-3-6-34-7-4-33;1-28-26-8-15-18(23)24-10-25-19(15)27-14-2-3-17(16(20)7-14)29-9-11-4-12(21)6-13(22)5-11;19-15-6-13(26-18-14(7-25-27)17(22)23-9-24-18)1-2-16(15)28-8-10-3-11(20)5-12(21)4-10/h1-2,9-13,15H,3-8,14H2,(H3,28,29,30,32);2-8,10H,9H2,1H3,(H3,23,24,25,27);1-7,9,27H,8H2,(H3,22,23,24,26)/b31-13+;26-8+;25-7+. The lowest BCUT2D eigenvalue weighted by Crippen LogP contribution is -2.38. The van der Waals surface area contributed by atoms with Crippen LogP contribution in [0.25, 0.3) is 0 Å². The second-order valence-corrected chi connectivity index (χ2v) is 20.5. The van der Waals surface area contributed by atoms with Crippen LogP contribution in [-0.2, 0) is 34.2 Å². The van der Waals surface area contributed by atoms with Gasteiger partial charge in [-0.1, -0.05) is 50.3 Å². The summed E-state index contributed by atoms with van der Waals surface area (Å²) in [6.07, 6.45) is 7.83. The van der Waals surface area contributed by atoms with Crippen LogP contribution in [0, 0.1) is 34.9 Å². The highest BCUT2D eigenvalue weighted by molar-refractivity contribution is 6.33. The zero-order valence-corrected chi connectivity index (χ0v) is 51.0. The van der Waals surface area contributed by atoms with Gasteiger partial charge in [0.2, 0.25) is 0 Å². The number of nitrogens with zero attached hydrogens (tertiary/aromatic N) is 10. The van der Waals surface area contributed by atoms with Crippen LogP contribution in [0.5, 0.6) is 17.2 Å². The van der Waals surface area contributed by atoms with Gasteiger partial charge in [-0.2, -0.15) is 0 Å². The number of hydrogen-bond acceptors (Lipinski definition) is 23. The summed E-state index contributed by atoms with van der Waals surface area (Å²) in [5.74, 6) is -1.35. The predicted molar refractivity (Wildman–Crippen MR) is 340 cm³/mol. The van der Waals surface area contributed by atoms with Crippen LogP contribution in [0.1, 0.15) is 33.4 Å². The molecule has 23 nitrogen and oxygen atoms in total. The Morgan fingerprint density at radius 3 is 1.18 bits per heavy atom. The Bertz CT molecular complexity index is 4050. The molecule has 3 aromatic heterocycles. The SMILES string of the molecule is CO/N=C/c1c(N)ncnc1Nc1ccc(OCc2cc(F)cc(F)c2)c(Cl)c1.Nc1ncnc(Nc2ccc(OCc3cc(F)cc(F)c3)c(Cl)c2)c1/C=N/O.Nc1ncnc(Nc2ccc(OCc3cc(F)cc(F)c3)c(Cl)c2)c1/C=N/OCCN1CCOCC1. The first kappa shape index (κ1) is 68.4. The molecule has 93 heavy (non-hydrogen) atoms. The molecule has 1 aliphatic rings. The van der Waals surface area contributed by atoms with E-state index in [1.807, 2.05) is 0 Å². The highest BCUT2D eigenvalue weighted by Gasteiger charge is 2.16. The minimum absolute atomic E-state index is 0.0404. The quantitative estimate of drug-likeness (QED) is 0.0103. The van der Waals surface area contributed by atoms with Gasteiger partial charge in [0.25, 0.3) is 0 Å². The Hall–Kier alpha value is -10.5. The van der Waals surface area contributed by atoms with Crippen molar-refractivity contribution in [2.24, 2.45) is 15.5 Å². The average Bonchev–Trinajstić information content (AvgIpc) is 1.81. The number of hydrogen-bond donors (Lipinski definition) is 7. The van der Waals surface area contributed by atoms with E-state index in [2.05, 4.69) is 71.1 Å². The summed E-state index contributed by atoms with van der Waals surface area (Å²) in [6.45, 7) is 4.21. The van der Waals surface area contributed by atoms with Crippen LogP contribution in [0.3, 0.4) is 0 Å². The number of nitrogen functional groups attached to an aromatic ring is 3. The molecule has 0 aliphatic carbocycles. The van der Waals surface area contributed by atoms with E-state index in [4.69, 9.17) is 81.0 Å². The maximum Gasteiger partial charge on any atom is 0.144 e. The molecule has 0 amide bonds. The highest BCUT2D eigenvalue weighted by Crippen LogP contribution is 2.34. The zero-order chi connectivity index (χ0) is 66.2. The fraction of sp³-hybridized carbons (Fsp3) is 0.164. The van der Waals surface area contributed by atoms with Crippen molar-refractivity contribution in [2.75, 3.05) is 79.7 Å². The van der Waals surface area contributed by atoms with E-state index in [0.29, 0.717) is 102 Å². The summed E-state index contributed by atoms with van der Waals surface area (Å²) in [5, 5.41) is 29.4. The minimum Gasteiger partial charge on any atom is -0.487 e. The molecule has 0 spiro atoms. The van der Waals surface area contributed by atoms with Crippen molar-refractivity contribution in [3.63, 3.8) is 0 Å². The molecule has 32 heteroatoms. The van der Waals surface area contributed by atoms with Crippen LogP contribution in [0.15, 0.2) is 144 Å². The molecule has 1 saturated heterocycles. The lowest BCUT2D eigenvalue weighted by molar-refractivity contribution is 0.0214. The largest absolute Gasteiger partial charge is 0.487 e. The van der Waals surface area contributed by atoms with Crippen molar-refractivity contribution < 1.29 is 60.2 Å². The number of anilines is 9. The minimum atomic E-state index is -0.685. The monoisotopic (exact) mass is 1340 g/mol. The first-order chi connectivity index (χ1) is 44.9. The van der Waals surface area contributed by atoms with Gasteiger partial charge in [-0.25, -0.2) is 56.2 Å². The van der Waals surface area contributed by atoms with Gasteiger partial charge in [0, 0.05) is 54.9 Å². The summed E-state index contributed by atoms with van der Waals surface area (Å²) in [6, 6.07) is 24.2. The number of morpholine rings is 1. The van der Waals surface area contributed by atoms with Gasteiger partial charge in [0.05, 0.1) is 63.6 Å². The molecule has 0 radical (unpaired) electrons. The fourth-order valence-electron chi connectivity index (χ4n) is 8.27. The Labute approximate surface area is 541 Å². The first-order valence-electron chi connectivity index (χ1n) is 27.3. The summed E-state index contributed by atoms with van der Waals surface area (Å²) < 4.78 is 102. The highest BCUT2D eigenvalue weighted by atomic mass is 35.5. The van der Waals surface area contributed by atoms with Crippen LogP contribution >= 0.6 is 34.8 Å². The third kappa shape index (κ3) is 21.1. The smallest absolute Gasteiger partial charge is 0.144 e. The maximum atomic E-state index is 13.4. The van der Waals surface area contributed by atoms with Crippen molar-refractivity contribution in [1.82, 2.24) is 34.8 Å². The van der Waals surface area contributed by atoms with Gasteiger partial charge in [0.15, 0.2) is 0 Å². The maximum absolute atomic E-state index is 13.4. The number of ether oxygens (including phenoxy) is 4. The van der Waals surface area contributed by atoms with Crippen molar-refractivity contribution >= 4 is 105 Å². The predicted octanol–water partition coefficient (Wildman–Crippen LogP) is 12.4. The van der Waals surface area contributed by atoms with Gasteiger partial charge in [-0.3, -0.25) is 4.90 Å². The Kier molecular flexibility index (Phi) is 25.1. The number of halogens is 9. The molecule has 0 atom stereocenters. The van der Waals surface area contributed by atoms with Crippen LogP contribution < -0.4 is 47.4 Å². The average molecular weight is 1340 g/mol. The first-order valence-corrected chi connectivity index (χ1v) is 28.5. The number of aromatic nitrogens is 6. The molecule has 6 aromatic carbocycles. The normalized spacial score (nSPS) is 12.2. The second kappa shape index (κ2) is 34.1. The summed E-state index contributed by atoms with van der Waals surface area (Å²) in [5.41, 5.74) is 21.6. The van der Waals surface area contributed by atoms with Gasteiger partial charge in [-0.05, 0) is 108 Å². The topological polar surface area (TPSA) is 307 Å². The number of rotatable bonds is 23. The zero-order valence-electron chi connectivity index (χ0n) is 48.7. The molecule has 1 fully saturated rings. The Morgan fingerprint density at radius 2 is 0.849 bits per heavy atom. The van der Waals surface area contributed by atoms with Gasteiger partial charge < -0.3 is 67.0 Å². The molecule has 0 saturated carbocycles. The molecule has 9 aromatic rings. The van der Waals surface area contributed by atoms with Crippen LogP contribution in [0.2, 0.25) is 15.1 Å². The molecule has 4 heterocycles. The molecule has 10 rings (SSSR count). The van der Waals surface area contributed by atoms with Crippen molar-refractivity contribution in [1.29, 1.82) is 0 Å². The molecule has 0 unspecified atom stereocenters. The fourth-order valence-corrected chi connectivity index (χ4v) is 8.98. The lowest BCUT2D eigenvalue weighted by Gasteiger charge is -2.25. The summed E-state index contributed by atoms with van der Waals surface area (Å²) in [4.78, 5) is 36.4. The van der Waals surface area contributed by atoms with Crippen molar-refractivity contribution in [3.8, 4) is 17.2 Å². The van der Waals surface area contributed by atoms with Crippen LogP contribution in [-0.4, -0.2) is 105 Å². The molecular formula is C61H55Cl3F6N16O7. The van der Waals surface area contributed by atoms with E-state index in [0.717, 1.165) is 57.3 Å². The van der Waals surface area contributed by atoms with E-state index < -0.39 is 34.9 Å². The molecular weight excluding hydrogens is 1290 g/mol. The number of nitrogens with one attached hydrogen (secondary N) is 3. The van der Waals surface area contributed by atoms with Crippen LogP contribution in [0.4, 0.5) is 78.3 Å². The van der Waals surface area contributed by atoms with Gasteiger partial charge >= 0.3 is 0 Å². The summed E-state index contributed by atoms with van der Waals surface area (Å²) in [7, 11) is 1.40. The molecule has 10 N–H and O–H groups in total. The van der Waals surface area contributed by atoms with E-state index in [1.54, 1.807) is 54.6 Å². The van der Waals surface area contributed by atoms with E-state index in [9.17, 15) is 26.3 Å². The number of oxime groups is 3. The third-order valence-electron chi connectivity index (χ3n) is 12.6. The lowest BCUT2D eigenvalue weighted by atomic mass is 10.2. The molecule has 1 aliphatic heterocycles. The molecule has 484 valence electrons. The third-order valence-corrected chi connectivity index (χ3v) is 13.5. The van der Waals surface area contributed by atoms with Gasteiger partial charge in [0.1, 0.15) is 140 Å². The second-order valence-electron chi connectivity index (χ2n) is 19.3. The van der Waals surface area contributed by atoms with E-state index >= 15 is 0 Å². The molecule has 0 bridgehead atoms. The van der Waals surface area contributed by atoms with Gasteiger partial charge in [-0.15, -0.1) is 0 Å². The van der Waals surface area contributed by atoms with Crippen molar-refractivity contribution in [2.45, 2.75) is 19.8 Å². The van der Waals surface area contributed by atoms with E-state index in [1.165, 1.54) is 74.9 Å². The Balaban J connectivity index is 0.000000181.